The van der Waals surface area contributed by atoms with Crippen molar-refractivity contribution in [2.24, 2.45) is 0 Å². The molecule has 0 unspecified atom stereocenters. The van der Waals surface area contributed by atoms with Crippen LogP contribution in [0.5, 0.6) is 11.6 Å². The molecule has 5 rings (SSSR count). The Morgan fingerprint density at radius 2 is 1.82 bits per heavy atom. The first-order valence-electron chi connectivity index (χ1n) is 11.2. The summed E-state index contributed by atoms with van der Waals surface area (Å²) in [5.41, 5.74) is 2.26. The molecule has 2 aromatic heterocycles. The minimum Gasteiger partial charge on any atom is -0.497 e. The molecule has 0 aliphatic carbocycles. The van der Waals surface area contributed by atoms with Crippen LogP contribution in [0.1, 0.15) is 28.8 Å². The minimum absolute atomic E-state index is 0.0330. The molecule has 0 N–H and O–H groups in total. The fraction of sp³-hybridized carbons (Fsp3) is 0.259. The van der Waals surface area contributed by atoms with E-state index < -0.39 is 0 Å². The van der Waals surface area contributed by atoms with Crippen molar-refractivity contribution in [1.82, 2.24) is 9.88 Å². The number of hydrogen-bond acceptors (Lipinski definition) is 6. The number of fused-ring (bicyclic) bond motifs is 1. The van der Waals surface area contributed by atoms with Gasteiger partial charge < -0.3 is 9.47 Å². The van der Waals surface area contributed by atoms with Gasteiger partial charge in [-0.25, -0.2) is 4.98 Å². The van der Waals surface area contributed by atoms with Crippen LogP contribution in [0.2, 0.25) is 0 Å². The number of nitrogens with zero attached hydrogens (tertiary/aromatic N) is 2. The standard InChI is InChI=1S/C27H26N2O3S/c1-31-21-11-8-19(9-12-21)27-25(22-6-2-3-7-23(22)33-27)26(30)20-10-13-24(28-18-20)32-17-16-29-14-4-5-15-29/h2-3,6-13,18H,4-5,14-17H2,1H3. The van der Waals surface area contributed by atoms with E-state index in [1.54, 1.807) is 30.7 Å². The fourth-order valence-electron chi connectivity index (χ4n) is 4.25. The molecule has 1 aliphatic rings. The van der Waals surface area contributed by atoms with E-state index >= 15 is 0 Å². The molecule has 1 fully saturated rings. The Bertz CT molecular complexity index is 1240. The average molecular weight is 459 g/mol. The monoisotopic (exact) mass is 458 g/mol. The number of aromatic nitrogens is 1. The van der Waals surface area contributed by atoms with Gasteiger partial charge >= 0.3 is 0 Å². The SMILES string of the molecule is COc1ccc(-c2sc3ccccc3c2C(=O)c2ccc(OCCN3CCCC3)nc2)cc1. The third kappa shape index (κ3) is 4.63. The summed E-state index contributed by atoms with van der Waals surface area (Å²) < 4.78 is 12.2. The molecule has 0 spiro atoms. The molecule has 5 nitrogen and oxygen atoms in total. The van der Waals surface area contributed by atoms with Crippen LogP contribution >= 0.6 is 11.3 Å². The van der Waals surface area contributed by atoms with Crippen molar-refractivity contribution in [2.45, 2.75) is 12.8 Å². The van der Waals surface area contributed by atoms with Gasteiger partial charge in [0.1, 0.15) is 12.4 Å². The largest absolute Gasteiger partial charge is 0.497 e. The van der Waals surface area contributed by atoms with Crippen LogP contribution in [0, 0.1) is 0 Å². The Morgan fingerprint density at radius 3 is 2.55 bits per heavy atom. The number of likely N-dealkylation sites (tertiary alicyclic amines) is 1. The summed E-state index contributed by atoms with van der Waals surface area (Å²) >= 11 is 1.63. The maximum Gasteiger partial charge on any atom is 0.213 e. The molecule has 1 aliphatic heterocycles. The molecule has 168 valence electrons. The zero-order valence-corrected chi connectivity index (χ0v) is 19.4. The van der Waals surface area contributed by atoms with Crippen LogP contribution in [0.25, 0.3) is 20.5 Å². The van der Waals surface area contributed by atoms with Crippen molar-refractivity contribution in [3.8, 4) is 22.1 Å². The van der Waals surface area contributed by atoms with Gasteiger partial charge in [-0.05, 0) is 67.9 Å². The lowest BCUT2D eigenvalue weighted by Crippen LogP contribution is -2.25. The van der Waals surface area contributed by atoms with Crippen molar-refractivity contribution in [3.05, 3.63) is 78.0 Å². The van der Waals surface area contributed by atoms with Gasteiger partial charge in [0.2, 0.25) is 5.88 Å². The van der Waals surface area contributed by atoms with Gasteiger partial charge in [0.15, 0.2) is 5.78 Å². The Balaban J connectivity index is 1.40. The van der Waals surface area contributed by atoms with Gasteiger partial charge in [-0.15, -0.1) is 11.3 Å². The van der Waals surface area contributed by atoms with E-state index in [1.807, 2.05) is 48.5 Å². The second-order valence-corrected chi connectivity index (χ2v) is 9.19. The lowest BCUT2D eigenvalue weighted by Gasteiger charge is -2.14. The molecule has 0 bridgehead atoms. The number of benzene rings is 2. The zero-order valence-electron chi connectivity index (χ0n) is 18.6. The third-order valence-electron chi connectivity index (χ3n) is 6.03. The molecule has 0 amide bonds. The first-order valence-corrected chi connectivity index (χ1v) is 12.1. The van der Waals surface area contributed by atoms with Gasteiger partial charge in [-0.2, -0.15) is 0 Å². The zero-order chi connectivity index (χ0) is 22.6. The molecular weight excluding hydrogens is 432 g/mol. The number of ketones is 1. The van der Waals surface area contributed by atoms with Crippen LogP contribution < -0.4 is 9.47 Å². The smallest absolute Gasteiger partial charge is 0.213 e. The molecule has 0 saturated carbocycles. The fourth-order valence-corrected chi connectivity index (χ4v) is 5.45. The summed E-state index contributed by atoms with van der Waals surface area (Å²) in [6, 6.07) is 19.5. The predicted molar refractivity (Wildman–Crippen MR) is 133 cm³/mol. The molecule has 6 heteroatoms. The van der Waals surface area contributed by atoms with Crippen molar-refractivity contribution < 1.29 is 14.3 Å². The lowest BCUT2D eigenvalue weighted by molar-refractivity contribution is 0.104. The summed E-state index contributed by atoms with van der Waals surface area (Å²) in [7, 11) is 1.65. The number of thiophene rings is 1. The van der Waals surface area contributed by atoms with Gasteiger partial charge in [-0.3, -0.25) is 9.69 Å². The molecule has 33 heavy (non-hydrogen) atoms. The Hall–Kier alpha value is -3.22. The number of ether oxygens (including phenoxy) is 2. The van der Waals surface area contributed by atoms with Gasteiger partial charge in [0, 0.05) is 44.9 Å². The second-order valence-electron chi connectivity index (χ2n) is 8.14. The van der Waals surface area contributed by atoms with E-state index in [2.05, 4.69) is 16.0 Å². The number of carbonyl (C=O) groups excluding carboxylic acids is 1. The highest BCUT2D eigenvalue weighted by atomic mass is 32.1. The summed E-state index contributed by atoms with van der Waals surface area (Å²) in [5.74, 6) is 1.31. The summed E-state index contributed by atoms with van der Waals surface area (Å²) in [5, 5.41) is 0.962. The topological polar surface area (TPSA) is 51.7 Å². The molecule has 1 saturated heterocycles. The Labute approximate surface area is 197 Å². The molecular formula is C27H26N2O3S. The Morgan fingerprint density at radius 1 is 1.03 bits per heavy atom. The Kier molecular flexibility index (Phi) is 6.37. The van der Waals surface area contributed by atoms with Gasteiger partial charge in [0.05, 0.1) is 7.11 Å². The molecule has 4 aromatic rings. The lowest BCUT2D eigenvalue weighted by atomic mass is 9.98. The number of methoxy groups -OCH3 is 1. The van der Waals surface area contributed by atoms with E-state index in [-0.39, 0.29) is 5.78 Å². The van der Waals surface area contributed by atoms with Crippen LogP contribution in [-0.4, -0.2) is 49.0 Å². The van der Waals surface area contributed by atoms with Gasteiger partial charge in [-0.1, -0.05) is 18.2 Å². The number of carbonyl (C=O) groups is 1. The van der Waals surface area contributed by atoms with Crippen molar-refractivity contribution in [2.75, 3.05) is 33.4 Å². The normalized spacial score (nSPS) is 14.0. The molecule has 0 radical (unpaired) electrons. The predicted octanol–water partition coefficient (Wildman–Crippen LogP) is 5.68. The average Bonchev–Trinajstić information content (AvgIpc) is 3.52. The third-order valence-corrected chi connectivity index (χ3v) is 7.25. The highest BCUT2D eigenvalue weighted by Crippen LogP contribution is 2.40. The number of pyridine rings is 1. The maximum atomic E-state index is 13.6. The van der Waals surface area contributed by atoms with E-state index in [4.69, 9.17) is 9.47 Å². The van der Waals surface area contributed by atoms with Crippen LogP contribution in [0.15, 0.2) is 66.9 Å². The van der Waals surface area contributed by atoms with Crippen molar-refractivity contribution in [3.63, 3.8) is 0 Å². The van der Waals surface area contributed by atoms with E-state index in [1.165, 1.54) is 12.8 Å². The molecule has 0 atom stereocenters. The minimum atomic E-state index is -0.0330. The summed E-state index contributed by atoms with van der Waals surface area (Å²) in [4.78, 5) is 21.4. The van der Waals surface area contributed by atoms with Crippen molar-refractivity contribution >= 4 is 27.2 Å². The first-order chi connectivity index (χ1) is 16.2. The van der Waals surface area contributed by atoms with E-state index in [0.717, 1.165) is 45.9 Å². The van der Waals surface area contributed by atoms with Gasteiger partial charge in [0.25, 0.3) is 0 Å². The van der Waals surface area contributed by atoms with E-state index in [9.17, 15) is 4.79 Å². The molecule has 2 aromatic carbocycles. The van der Waals surface area contributed by atoms with Crippen LogP contribution in [0.4, 0.5) is 0 Å². The van der Waals surface area contributed by atoms with Crippen LogP contribution in [0.3, 0.4) is 0 Å². The second kappa shape index (κ2) is 9.73. The molecule has 3 heterocycles. The highest BCUT2D eigenvalue weighted by Gasteiger charge is 2.22. The van der Waals surface area contributed by atoms with Crippen molar-refractivity contribution in [1.29, 1.82) is 0 Å². The summed E-state index contributed by atoms with van der Waals surface area (Å²) in [6.07, 6.45) is 4.16. The number of rotatable bonds is 8. The first kappa shape index (κ1) is 21.6. The highest BCUT2D eigenvalue weighted by molar-refractivity contribution is 7.22. The summed E-state index contributed by atoms with van der Waals surface area (Å²) in [6.45, 7) is 3.82. The number of hydrogen-bond donors (Lipinski definition) is 0. The van der Waals surface area contributed by atoms with E-state index in [0.29, 0.717) is 23.6 Å². The van der Waals surface area contributed by atoms with Crippen LogP contribution in [-0.2, 0) is 0 Å². The quantitative estimate of drug-likeness (QED) is 0.318. The maximum absolute atomic E-state index is 13.6.